The number of aromatic nitrogens is 5. The standard InChI is InChI=1S/C18H24N6O/c1-12(13-7-8-16-17(9-13)21-18(25)20-16)19-10-14-11-24(23-22-14)15-5-3-2-4-6-15/h7-9,11-12,15,19H,2-6,10H2,1H3,(H2,20,21,25). The lowest BCUT2D eigenvalue weighted by Crippen LogP contribution is -2.18. The molecule has 0 radical (unpaired) electrons. The van der Waals surface area contributed by atoms with E-state index in [2.05, 4.69) is 38.7 Å². The van der Waals surface area contributed by atoms with Gasteiger partial charge >= 0.3 is 5.69 Å². The number of hydrogen-bond acceptors (Lipinski definition) is 4. The molecule has 0 aliphatic heterocycles. The quantitative estimate of drug-likeness (QED) is 0.666. The van der Waals surface area contributed by atoms with Crippen LogP contribution < -0.4 is 11.0 Å². The summed E-state index contributed by atoms with van der Waals surface area (Å²) >= 11 is 0. The monoisotopic (exact) mass is 340 g/mol. The van der Waals surface area contributed by atoms with Crippen LogP contribution in [-0.4, -0.2) is 25.0 Å². The first kappa shape index (κ1) is 16.1. The zero-order valence-electron chi connectivity index (χ0n) is 14.5. The number of nitrogens with zero attached hydrogens (tertiary/aromatic N) is 3. The molecule has 7 nitrogen and oxygen atoms in total. The molecule has 4 rings (SSSR count). The summed E-state index contributed by atoms with van der Waals surface area (Å²) in [4.78, 5) is 16.9. The van der Waals surface area contributed by atoms with E-state index < -0.39 is 0 Å². The number of hydrogen-bond donors (Lipinski definition) is 3. The number of imidazole rings is 1. The van der Waals surface area contributed by atoms with Crippen molar-refractivity contribution in [2.24, 2.45) is 0 Å². The third-order valence-electron chi connectivity index (χ3n) is 5.14. The summed E-state index contributed by atoms with van der Waals surface area (Å²) in [5.41, 5.74) is 3.58. The Morgan fingerprint density at radius 1 is 1.24 bits per heavy atom. The molecule has 25 heavy (non-hydrogen) atoms. The predicted octanol–water partition coefficient (Wildman–Crippen LogP) is 2.80. The summed E-state index contributed by atoms with van der Waals surface area (Å²) in [7, 11) is 0. The van der Waals surface area contributed by atoms with Crippen molar-refractivity contribution >= 4 is 11.0 Å². The summed E-state index contributed by atoms with van der Waals surface area (Å²) in [5, 5.41) is 12.1. The Morgan fingerprint density at radius 3 is 2.88 bits per heavy atom. The van der Waals surface area contributed by atoms with E-state index in [4.69, 9.17) is 0 Å². The van der Waals surface area contributed by atoms with Crippen LogP contribution in [0.1, 0.15) is 62.4 Å². The summed E-state index contributed by atoms with van der Waals surface area (Å²) in [5.74, 6) is 0. The molecule has 7 heteroatoms. The van der Waals surface area contributed by atoms with Crippen LogP contribution in [0.25, 0.3) is 11.0 Å². The molecule has 1 saturated carbocycles. The van der Waals surface area contributed by atoms with Gasteiger partial charge in [-0.3, -0.25) is 0 Å². The minimum absolute atomic E-state index is 0.155. The van der Waals surface area contributed by atoms with Gasteiger partial charge in [-0.05, 0) is 37.5 Å². The van der Waals surface area contributed by atoms with Crippen molar-refractivity contribution in [3.63, 3.8) is 0 Å². The molecule has 1 atom stereocenters. The highest BCUT2D eigenvalue weighted by Gasteiger charge is 2.17. The Morgan fingerprint density at radius 2 is 2.04 bits per heavy atom. The van der Waals surface area contributed by atoms with Gasteiger partial charge in [-0.2, -0.15) is 0 Å². The zero-order valence-corrected chi connectivity index (χ0v) is 14.5. The van der Waals surface area contributed by atoms with Gasteiger partial charge in [-0.15, -0.1) is 5.10 Å². The van der Waals surface area contributed by atoms with Gasteiger partial charge in [0.2, 0.25) is 0 Å². The molecular weight excluding hydrogens is 316 g/mol. The first-order valence-electron chi connectivity index (χ1n) is 9.05. The van der Waals surface area contributed by atoms with Crippen molar-refractivity contribution in [2.75, 3.05) is 0 Å². The Hall–Kier alpha value is -2.41. The van der Waals surface area contributed by atoms with E-state index in [1.165, 1.54) is 32.1 Å². The van der Waals surface area contributed by atoms with Gasteiger partial charge in [-0.25, -0.2) is 9.48 Å². The molecule has 2 aromatic heterocycles. The SMILES string of the molecule is CC(NCc1cn(C2CCCCC2)nn1)c1ccc2[nH]c(=O)[nH]c2c1. The maximum atomic E-state index is 11.4. The topological polar surface area (TPSA) is 91.4 Å². The van der Waals surface area contributed by atoms with Crippen molar-refractivity contribution in [3.05, 3.63) is 46.1 Å². The van der Waals surface area contributed by atoms with Gasteiger partial charge in [-0.1, -0.05) is 30.5 Å². The fraction of sp³-hybridized carbons (Fsp3) is 0.500. The zero-order chi connectivity index (χ0) is 17.2. The second kappa shape index (κ2) is 6.84. The maximum Gasteiger partial charge on any atom is 0.323 e. The van der Waals surface area contributed by atoms with Crippen LogP contribution in [0.2, 0.25) is 0 Å². The van der Waals surface area contributed by atoms with Gasteiger partial charge in [0, 0.05) is 12.6 Å². The number of benzene rings is 1. The van der Waals surface area contributed by atoms with Gasteiger partial charge < -0.3 is 15.3 Å². The highest BCUT2D eigenvalue weighted by Crippen LogP contribution is 2.27. The average Bonchev–Trinajstić information content (AvgIpc) is 3.25. The number of rotatable bonds is 5. The Kier molecular flexibility index (Phi) is 4.40. The first-order chi connectivity index (χ1) is 12.2. The molecule has 1 aliphatic carbocycles. The van der Waals surface area contributed by atoms with Crippen LogP contribution in [0.15, 0.2) is 29.2 Å². The molecule has 1 aliphatic rings. The molecule has 132 valence electrons. The lowest BCUT2D eigenvalue weighted by atomic mass is 9.96. The van der Waals surface area contributed by atoms with Crippen LogP contribution in [0.5, 0.6) is 0 Å². The minimum atomic E-state index is -0.174. The van der Waals surface area contributed by atoms with Crippen LogP contribution in [0, 0.1) is 0 Å². The van der Waals surface area contributed by atoms with E-state index in [0.717, 1.165) is 22.3 Å². The smallest absolute Gasteiger partial charge is 0.306 e. The highest BCUT2D eigenvalue weighted by atomic mass is 16.1. The van der Waals surface area contributed by atoms with E-state index in [0.29, 0.717) is 12.6 Å². The summed E-state index contributed by atoms with van der Waals surface area (Å²) in [6.07, 6.45) is 8.41. The van der Waals surface area contributed by atoms with Gasteiger partial charge in [0.25, 0.3) is 0 Å². The lowest BCUT2D eigenvalue weighted by Gasteiger charge is -2.21. The largest absolute Gasteiger partial charge is 0.323 e. The van der Waals surface area contributed by atoms with E-state index >= 15 is 0 Å². The molecule has 0 spiro atoms. The lowest BCUT2D eigenvalue weighted by molar-refractivity contribution is 0.324. The molecule has 0 bridgehead atoms. The van der Waals surface area contributed by atoms with Gasteiger partial charge in [0.1, 0.15) is 0 Å². The van der Waals surface area contributed by atoms with Gasteiger partial charge in [0.15, 0.2) is 0 Å². The Labute approximate surface area is 145 Å². The van der Waals surface area contributed by atoms with E-state index in [1.54, 1.807) is 0 Å². The molecule has 1 unspecified atom stereocenters. The molecule has 3 aromatic rings. The number of nitrogens with one attached hydrogen (secondary N) is 3. The maximum absolute atomic E-state index is 11.4. The normalized spacial score (nSPS) is 17.2. The number of H-pyrrole nitrogens is 2. The van der Waals surface area contributed by atoms with Crippen molar-refractivity contribution in [1.82, 2.24) is 30.3 Å². The van der Waals surface area contributed by atoms with E-state index in [9.17, 15) is 4.79 Å². The second-order valence-corrected chi connectivity index (χ2v) is 6.97. The van der Waals surface area contributed by atoms with E-state index in [-0.39, 0.29) is 11.7 Å². The summed E-state index contributed by atoms with van der Waals surface area (Å²) in [6, 6.07) is 6.63. The van der Waals surface area contributed by atoms with E-state index in [1.807, 2.05) is 22.9 Å². The molecule has 3 N–H and O–H groups in total. The first-order valence-corrected chi connectivity index (χ1v) is 9.05. The Bertz CT molecular complexity index is 902. The molecule has 0 amide bonds. The summed E-state index contributed by atoms with van der Waals surface area (Å²) in [6.45, 7) is 2.78. The number of fused-ring (bicyclic) bond motifs is 1. The minimum Gasteiger partial charge on any atom is -0.306 e. The van der Waals surface area contributed by atoms with Crippen LogP contribution >= 0.6 is 0 Å². The fourth-order valence-electron chi connectivity index (χ4n) is 3.61. The third kappa shape index (κ3) is 3.51. The summed E-state index contributed by atoms with van der Waals surface area (Å²) < 4.78 is 2.04. The van der Waals surface area contributed by atoms with Gasteiger partial charge in [0.05, 0.1) is 29.0 Å². The van der Waals surface area contributed by atoms with Crippen molar-refractivity contribution in [3.8, 4) is 0 Å². The van der Waals surface area contributed by atoms with Crippen molar-refractivity contribution in [2.45, 2.75) is 57.7 Å². The van der Waals surface area contributed by atoms with Crippen molar-refractivity contribution < 1.29 is 0 Å². The van der Waals surface area contributed by atoms with Crippen molar-refractivity contribution in [1.29, 1.82) is 0 Å². The fourth-order valence-corrected chi connectivity index (χ4v) is 3.61. The molecule has 2 heterocycles. The Balaban J connectivity index is 1.39. The molecule has 1 fully saturated rings. The van der Waals surface area contributed by atoms with Crippen LogP contribution in [0.3, 0.4) is 0 Å². The van der Waals surface area contributed by atoms with Crippen LogP contribution in [-0.2, 0) is 6.54 Å². The van der Waals surface area contributed by atoms with Crippen LogP contribution in [0.4, 0.5) is 0 Å². The highest BCUT2D eigenvalue weighted by molar-refractivity contribution is 5.75. The molecule has 0 saturated heterocycles. The molecule has 1 aromatic carbocycles. The number of aromatic amines is 2. The second-order valence-electron chi connectivity index (χ2n) is 6.97. The predicted molar refractivity (Wildman–Crippen MR) is 96.3 cm³/mol. The third-order valence-corrected chi connectivity index (χ3v) is 5.14. The average molecular weight is 340 g/mol. The molecular formula is C18H24N6O.